The van der Waals surface area contributed by atoms with E-state index in [1.165, 1.54) is 37.8 Å². The Hall–Kier alpha value is -3.27. The van der Waals surface area contributed by atoms with Gasteiger partial charge in [-0.15, -0.1) is 0 Å². The van der Waals surface area contributed by atoms with Crippen LogP contribution in [0.1, 0.15) is 94.3 Å². The SMILES string of the molecule is CCCCCCOc1ccc(C(=O)OCCCCOC(=O)/C(C#N)=C2\C=C(N3CCCCC3)CCC2)cc1. The van der Waals surface area contributed by atoms with Crippen LogP contribution in [0.25, 0.3) is 0 Å². The third-order valence-corrected chi connectivity index (χ3v) is 6.98. The number of ether oxygens (including phenoxy) is 3. The lowest BCUT2D eigenvalue weighted by atomic mass is 9.94. The lowest BCUT2D eigenvalue weighted by molar-refractivity contribution is -0.138. The van der Waals surface area contributed by atoms with E-state index in [4.69, 9.17) is 14.2 Å². The van der Waals surface area contributed by atoms with Crippen LogP contribution in [0.3, 0.4) is 0 Å². The van der Waals surface area contributed by atoms with Crippen molar-refractivity contribution in [2.75, 3.05) is 32.9 Å². The first-order chi connectivity index (χ1) is 18.6. The number of hydrogen-bond acceptors (Lipinski definition) is 7. The maximum absolute atomic E-state index is 12.6. The fraction of sp³-hybridized carbons (Fsp3) is 0.581. The quantitative estimate of drug-likeness (QED) is 0.119. The van der Waals surface area contributed by atoms with Crippen molar-refractivity contribution < 1.29 is 23.8 Å². The molecule has 7 heteroatoms. The molecular weight excluding hydrogens is 480 g/mol. The van der Waals surface area contributed by atoms with Gasteiger partial charge in [0.15, 0.2) is 0 Å². The Kier molecular flexibility index (Phi) is 12.8. The number of likely N-dealkylation sites (tertiary alicyclic amines) is 1. The number of benzene rings is 1. The van der Waals surface area contributed by atoms with Crippen LogP contribution in [-0.4, -0.2) is 49.7 Å². The Morgan fingerprint density at radius 3 is 2.29 bits per heavy atom. The van der Waals surface area contributed by atoms with Crippen molar-refractivity contribution in [1.29, 1.82) is 5.26 Å². The second-order valence-electron chi connectivity index (χ2n) is 9.96. The van der Waals surface area contributed by atoms with Gasteiger partial charge in [0, 0.05) is 18.8 Å². The highest BCUT2D eigenvalue weighted by atomic mass is 16.5. The number of esters is 2. The number of carbonyl (C=O) groups is 2. The smallest absolute Gasteiger partial charge is 0.349 e. The Labute approximate surface area is 227 Å². The summed E-state index contributed by atoms with van der Waals surface area (Å²) >= 11 is 0. The number of piperidine rings is 1. The first kappa shape index (κ1) is 29.3. The minimum absolute atomic E-state index is 0.110. The molecule has 0 radical (unpaired) electrons. The number of nitrogens with zero attached hydrogens (tertiary/aromatic N) is 2. The van der Waals surface area contributed by atoms with E-state index in [9.17, 15) is 14.9 Å². The fourth-order valence-corrected chi connectivity index (χ4v) is 4.78. The molecule has 1 heterocycles. The molecule has 2 aliphatic rings. The zero-order valence-corrected chi connectivity index (χ0v) is 22.8. The summed E-state index contributed by atoms with van der Waals surface area (Å²) < 4.78 is 16.4. The summed E-state index contributed by atoms with van der Waals surface area (Å²) in [5.41, 5.74) is 2.60. The lowest BCUT2D eigenvalue weighted by Gasteiger charge is -2.33. The normalized spacial score (nSPS) is 16.7. The molecule has 3 rings (SSSR count). The summed E-state index contributed by atoms with van der Waals surface area (Å²) in [6, 6.07) is 9.05. The number of rotatable bonds is 14. The molecule has 1 aromatic carbocycles. The van der Waals surface area contributed by atoms with Crippen molar-refractivity contribution in [2.24, 2.45) is 0 Å². The van der Waals surface area contributed by atoms with E-state index in [1.54, 1.807) is 24.3 Å². The summed E-state index contributed by atoms with van der Waals surface area (Å²) in [4.78, 5) is 27.2. The minimum atomic E-state index is -0.566. The van der Waals surface area contributed by atoms with Gasteiger partial charge >= 0.3 is 11.9 Å². The molecule has 0 saturated carbocycles. The highest BCUT2D eigenvalue weighted by Gasteiger charge is 2.22. The zero-order chi connectivity index (χ0) is 27.0. The Balaban J connectivity index is 1.35. The highest BCUT2D eigenvalue weighted by molar-refractivity contribution is 5.94. The second kappa shape index (κ2) is 16.5. The molecule has 0 spiro atoms. The molecule has 206 valence electrons. The Morgan fingerprint density at radius 1 is 0.868 bits per heavy atom. The van der Waals surface area contributed by atoms with Gasteiger partial charge in [0.1, 0.15) is 17.4 Å². The van der Waals surface area contributed by atoms with Gasteiger partial charge in [-0.3, -0.25) is 0 Å². The predicted molar refractivity (Wildman–Crippen MR) is 147 cm³/mol. The van der Waals surface area contributed by atoms with Crippen molar-refractivity contribution >= 4 is 11.9 Å². The Morgan fingerprint density at radius 2 is 1.58 bits per heavy atom. The van der Waals surface area contributed by atoms with Crippen LogP contribution < -0.4 is 4.74 Å². The second-order valence-corrected chi connectivity index (χ2v) is 9.96. The molecule has 7 nitrogen and oxygen atoms in total. The number of hydrogen-bond donors (Lipinski definition) is 0. The summed E-state index contributed by atoms with van der Waals surface area (Å²) in [5, 5.41) is 9.63. The molecule has 0 unspecified atom stereocenters. The molecule has 0 N–H and O–H groups in total. The molecule has 0 bridgehead atoms. The van der Waals surface area contributed by atoms with E-state index < -0.39 is 5.97 Å². The molecular formula is C31H42N2O5. The zero-order valence-electron chi connectivity index (χ0n) is 22.8. The summed E-state index contributed by atoms with van der Waals surface area (Å²) in [7, 11) is 0. The van der Waals surface area contributed by atoms with Crippen LogP contribution in [0.2, 0.25) is 0 Å². The van der Waals surface area contributed by atoms with Crippen molar-refractivity contribution in [1.82, 2.24) is 4.90 Å². The highest BCUT2D eigenvalue weighted by Crippen LogP contribution is 2.29. The third-order valence-electron chi connectivity index (χ3n) is 6.98. The van der Waals surface area contributed by atoms with Crippen LogP contribution in [-0.2, 0) is 14.3 Å². The molecule has 0 aromatic heterocycles. The third kappa shape index (κ3) is 9.55. The topological polar surface area (TPSA) is 88.9 Å². The molecule has 0 amide bonds. The molecule has 0 atom stereocenters. The Bertz CT molecular complexity index is 1000. The van der Waals surface area contributed by atoms with Crippen LogP contribution in [0.15, 0.2) is 47.2 Å². The van der Waals surface area contributed by atoms with Crippen LogP contribution in [0, 0.1) is 11.3 Å². The van der Waals surface area contributed by atoms with Crippen molar-refractivity contribution in [3.8, 4) is 11.8 Å². The van der Waals surface area contributed by atoms with E-state index in [0.717, 1.165) is 56.5 Å². The molecule has 1 aliphatic carbocycles. The summed E-state index contributed by atoms with van der Waals surface area (Å²) in [5.74, 6) is -0.206. The molecule has 1 aromatic rings. The standard InChI is InChI=1S/C31H42N2O5/c1-2-3-4-8-20-36-28-16-14-25(15-17-28)30(34)37-21-9-10-22-38-31(35)29(24-32)26-12-11-13-27(23-26)33-18-6-5-7-19-33/h14-17,23H,2-13,18-22H2,1H3/b29-26-. The number of carbonyl (C=O) groups excluding carboxylic acids is 2. The van der Waals surface area contributed by atoms with Crippen molar-refractivity contribution in [2.45, 2.75) is 84.0 Å². The van der Waals surface area contributed by atoms with Gasteiger partial charge in [-0.2, -0.15) is 5.26 Å². The summed E-state index contributed by atoms with van der Waals surface area (Å²) in [6.45, 7) is 5.38. The first-order valence-corrected chi connectivity index (χ1v) is 14.3. The fourth-order valence-electron chi connectivity index (χ4n) is 4.78. The molecule has 1 fully saturated rings. The lowest BCUT2D eigenvalue weighted by Crippen LogP contribution is -2.30. The van der Waals surface area contributed by atoms with E-state index in [0.29, 0.717) is 25.0 Å². The maximum Gasteiger partial charge on any atom is 0.349 e. The van der Waals surface area contributed by atoms with Crippen molar-refractivity contribution in [3.63, 3.8) is 0 Å². The molecule has 1 aliphatic heterocycles. The first-order valence-electron chi connectivity index (χ1n) is 14.3. The van der Waals surface area contributed by atoms with Gasteiger partial charge in [0.25, 0.3) is 0 Å². The largest absolute Gasteiger partial charge is 0.494 e. The molecule has 38 heavy (non-hydrogen) atoms. The van der Waals surface area contributed by atoms with E-state index >= 15 is 0 Å². The van der Waals surface area contributed by atoms with E-state index in [1.807, 2.05) is 6.08 Å². The van der Waals surface area contributed by atoms with Gasteiger partial charge in [0.2, 0.25) is 0 Å². The van der Waals surface area contributed by atoms with Crippen LogP contribution >= 0.6 is 0 Å². The van der Waals surface area contributed by atoms with Gasteiger partial charge in [-0.25, -0.2) is 9.59 Å². The van der Waals surface area contributed by atoms with Gasteiger partial charge in [-0.05, 0) is 93.7 Å². The minimum Gasteiger partial charge on any atom is -0.494 e. The van der Waals surface area contributed by atoms with Crippen LogP contribution in [0.5, 0.6) is 5.75 Å². The number of unbranched alkanes of at least 4 members (excludes halogenated alkanes) is 4. The van der Waals surface area contributed by atoms with E-state index in [2.05, 4.69) is 17.9 Å². The number of allylic oxidation sites excluding steroid dienone is 3. The average molecular weight is 523 g/mol. The monoisotopic (exact) mass is 522 g/mol. The molecule has 1 saturated heterocycles. The average Bonchev–Trinajstić information content (AvgIpc) is 2.96. The van der Waals surface area contributed by atoms with E-state index in [-0.39, 0.29) is 24.8 Å². The predicted octanol–water partition coefficient (Wildman–Crippen LogP) is 6.50. The van der Waals surface area contributed by atoms with Crippen LogP contribution in [0.4, 0.5) is 0 Å². The van der Waals surface area contributed by atoms with Gasteiger partial charge in [0.05, 0.1) is 25.4 Å². The maximum atomic E-state index is 12.6. The number of nitriles is 1. The van der Waals surface area contributed by atoms with Crippen molar-refractivity contribution in [3.05, 3.63) is 52.7 Å². The van der Waals surface area contributed by atoms with Gasteiger partial charge < -0.3 is 19.1 Å². The van der Waals surface area contributed by atoms with Gasteiger partial charge in [-0.1, -0.05) is 26.2 Å². The summed E-state index contributed by atoms with van der Waals surface area (Å²) in [6.07, 6.45) is 14.0.